The number of alkyl halides is 3. The first-order valence-electron chi connectivity index (χ1n) is 11.9. The van der Waals surface area contributed by atoms with Gasteiger partial charge in [0.25, 0.3) is 0 Å². The van der Waals surface area contributed by atoms with Crippen molar-refractivity contribution in [1.29, 1.82) is 10.8 Å². The Kier molecular flexibility index (Phi) is 12.4. The number of hydrogen-bond acceptors (Lipinski definition) is 7. The van der Waals surface area contributed by atoms with Crippen LogP contribution in [-0.4, -0.2) is 90.1 Å². The highest BCUT2D eigenvalue weighted by Crippen LogP contribution is 2.20. The maximum absolute atomic E-state index is 11.8. The van der Waals surface area contributed by atoms with Gasteiger partial charge in [-0.25, -0.2) is 0 Å². The Morgan fingerprint density at radius 3 is 2.56 bits per heavy atom. The Morgan fingerprint density at radius 2 is 1.94 bits per heavy atom. The predicted octanol–water partition coefficient (Wildman–Crippen LogP) is 4.08. The normalized spacial score (nSPS) is 15.3. The standard InChI is InChI=1S/C14H20N2.C10H15F3N4O2S/c1-3-6-12(15-2)9-11-10-16-14-8-5-4-7-13(11)14;11-10(12,13)19-6-5-16-1-3-17(4-2-16)9(15)20-8(14)7-18/h4-5,7-8,10,12,15-16H,3,6,9H2,1-2H3;7,14-15H,1-6H2. The van der Waals surface area contributed by atoms with Gasteiger partial charge in [-0.05, 0) is 43.3 Å². The zero-order chi connectivity index (χ0) is 26.6. The van der Waals surface area contributed by atoms with Gasteiger partial charge in [0.1, 0.15) is 5.04 Å². The highest BCUT2D eigenvalue weighted by molar-refractivity contribution is 8.27. The second-order valence-electron chi connectivity index (χ2n) is 8.35. The first kappa shape index (κ1) is 29.8. The number of piperazine rings is 1. The number of rotatable bonds is 9. The molecule has 200 valence electrons. The topological polar surface area (TPSA) is 108 Å². The summed E-state index contributed by atoms with van der Waals surface area (Å²) in [5, 5.41) is 19.5. The highest BCUT2D eigenvalue weighted by atomic mass is 32.2. The number of para-hydroxylation sites is 1. The summed E-state index contributed by atoms with van der Waals surface area (Å²) < 4.78 is 39.1. The van der Waals surface area contributed by atoms with Gasteiger partial charge in [0.2, 0.25) is 0 Å². The molecule has 4 N–H and O–H groups in total. The van der Waals surface area contributed by atoms with E-state index in [1.54, 1.807) is 4.90 Å². The molecule has 0 spiro atoms. The van der Waals surface area contributed by atoms with E-state index in [2.05, 4.69) is 59.5 Å². The molecule has 0 bridgehead atoms. The van der Waals surface area contributed by atoms with Crippen LogP contribution in [0.3, 0.4) is 0 Å². The fourth-order valence-electron chi connectivity index (χ4n) is 3.92. The molecule has 0 aliphatic carbocycles. The van der Waals surface area contributed by atoms with Crippen molar-refractivity contribution in [3.8, 4) is 0 Å². The number of thioether (sulfide) groups is 1. The number of fused-ring (bicyclic) bond motifs is 1. The van der Waals surface area contributed by atoms with E-state index in [4.69, 9.17) is 10.8 Å². The minimum Gasteiger partial charge on any atom is -0.361 e. The number of carbonyl (C=O) groups excluding carboxylic acids is 1. The van der Waals surface area contributed by atoms with Crippen LogP contribution < -0.4 is 5.32 Å². The largest absolute Gasteiger partial charge is 0.522 e. The molecule has 1 atom stereocenters. The van der Waals surface area contributed by atoms with Crippen molar-refractivity contribution in [3.63, 3.8) is 0 Å². The van der Waals surface area contributed by atoms with E-state index in [9.17, 15) is 18.0 Å². The Labute approximate surface area is 213 Å². The molecule has 3 rings (SSSR count). The minimum atomic E-state index is -4.60. The molecule has 8 nitrogen and oxygen atoms in total. The molecule has 1 saturated heterocycles. The molecule has 1 aliphatic rings. The molecule has 1 unspecified atom stereocenters. The van der Waals surface area contributed by atoms with E-state index >= 15 is 0 Å². The lowest BCUT2D eigenvalue weighted by Gasteiger charge is -2.35. The van der Waals surface area contributed by atoms with Crippen LogP contribution in [0.2, 0.25) is 0 Å². The van der Waals surface area contributed by atoms with Crippen molar-refractivity contribution >= 4 is 39.2 Å². The Hall–Kier alpha value is -2.41. The summed E-state index contributed by atoms with van der Waals surface area (Å²) in [6.07, 6.45) is 1.47. The van der Waals surface area contributed by atoms with Crippen LogP contribution >= 0.6 is 11.8 Å². The first-order chi connectivity index (χ1) is 17.2. The summed E-state index contributed by atoms with van der Waals surface area (Å²) in [6, 6.07) is 9.09. The van der Waals surface area contributed by atoms with Crippen molar-refractivity contribution < 1.29 is 22.7 Å². The van der Waals surface area contributed by atoms with E-state index in [0.29, 0.717) is 38.5 Å². The molecule has 12 heteroatoms. The fourth-order valence-corrected chi connectivity index (χ4v) is 4.49. The quantitative estimate of drug-likeness (QED) is 0.222. The van der Waals surface area contributed by atoms with Crippen molar-refractivity contribution in [2.45, 2.75) is 38.6 Å². The molecular weight excluding hydrogens is 493 g/mol. The molecule has 2 aromatic rings. The third-order valence-electron chi connectivity index (χ3n) is 5.83. The van der Waals surface area contributed by atoms with Crippen molar-refractivity contribution in [3.05, 3.63) is 36.0 Å². The maximum atomic E-state index is 11.8. The minimum absolute atomic E-state index is 0.105. The summed E-state index contributed by atoms with van der Waals surface area (Å²) >= 11 is 0.761. The van der Waals surface area contributed by atoms with E-state index in [1.165, 1.54) is 29.3 Å². The zero-order valence-corrected chi connectivity index (χ0v) is 21.5. The summed E-state index contributed by atoms with van der Waals surface area (Å²) in [5.41, 5.74) is 2.66. The zero-order valence-electron chi connectivity index (χ0n) is 20.7. The van der Waals surface area contributed by atoms with Crippen LogP contribution in [0.4, 0.5) is 13.2 Å². The third kappa shape index (κ3) is 10.3. The predicted molar refractivity (Wildman–Crippen MR) is 139 cm³/mol. The molecule has 0 amide bonds. The molecule has 36 heavy (non-hydrogen) atoms. The van der Waals surface area contributed by atoms with Gasteiger partial charge in [0.05, 0.1) is 6.61 Å². The number of nitrogens with one attached hydrogen (secondary N) is 4. The van der Waals surface area contributed by atoms with Gasteiger partial charge in [-0.2, -0.15) is 0 Å². The lowest BCUT2D eigenvalue weighted by Crippen LogP contribution is -2.48. The number of carbonyl (C=O) groups is 1. The van der Waals surface area contributed by atoms with Crippen molar-refractivity contribution in [1.82, 2.24) is 20.1 Å². The van der Waals surface area contributed by atoms with E-state index in [0.717, 1.165) is 18.2 Å². The van der Waals surface area contributed by atoms with Crippen LogP contribution in [0.5, 0.6) is 0 Å². The Morgan fingerprint density at radius 1 is 1.25 bits per heavy atom. The van der Waals surface area contributed by atoms with Gasteiger partial charge in [-0.15, -0.1) is 13.2 Å². The van der Waals surface area contributed by atoms with Gasteiger partial charge < -0.3 is 15.2 Å². The number of nitrogens with zero attached hydrogens (tertiary/aromatic N) is 2. The summed E-state index contributed by atoms with van der Waals surface area (Å²) in [5.74, 6) is 0. The van der Waals surface area contributed by atoms with Gasteiger partial charge in [0, 0.05) is 55.9 Å². The molecular formula is C24H35F3N6O2S. The second kappa shape index (κ2) is 15.0. The molecule has 0 radical (unpaired) electrons. The SMILES string of the molecule is CCCC(Cc1c[nH]c2ccccc12)NC.N=C(C=O)SC(=N)N1CCN(CCOC(F)(F)F)CC1. The number of aromatic nitrogens is 1. The number of aldehydes is 1. The van der Waals surface area contributed by atoms with Crippen molar-refractivity contribution in [2.75, 3.05) is 46.4 Å². The number of benzene rings is 1. The van der Waals surface area contributed by atoms with Crippen LogP contribution in [0.1, 0.15) is 25.3 Å². The molecule has 1 fully saturated rings. The lowest BCUT2D eigenvalue weighted by molar-refractivity contribution is -0.325. The first-order valence-corrected chi connectivity index (χ1v) is 12.7. The average Bonchev–Trinajstić information content (AvgIpc) is 3.26. The number of likely N-dealkylation sites (N-methyl/N-ethyl adjacent to an activating group) is 1. The molecule has 1 aliphatic heterocycles. The fraction of sp³-hybridized carbons (Fsp3) is 0.542. The number of amidine groups is 1. The van der Waals surface area contributed by atoms with E-state index in [-0.39, 0.29) is 16.8 Å². The van der Waals surface area contributed by atoms with Gasteiger partial charge in [-0.3, -0.25) is 25.2 Å². The summed E-state index contributed by atoms with van der Waals surface area (Å²) in [4.78, 5) is 17.1. The summed E-state index contributed by atoms with van der Waals surface area (Å²) in [6.45, 7) is 3.98. The Bertz CT molecular complexity index is 976. The van der Waals surface area contributed by atoms with Crippen LogP contribution in [0, 0.1) is 10.8 Å². The number of H-pyrrole nitrogens is 1. The number of hydrogen-bond donors (Lipinski definition) is 4. The summed E-state index contributed by atoms with van der Waals surface area (Å²) in [7, 11) is 2.05. The molecule has 2 heterocycles. The van der Waals surface area contributed by atoms with Crippen LogP contribution in [0.15, 0.2) is 30.5 Å². The van der Waals surface area contributed by atoms with Gasteiger partial charge >= 0.3 is 6.36 Å². The molecule has 0 saturated carbocycles. The van der Waals surface area contributed by atoms with E-state index in [1.807, 2.05) is 4.90 Å². The van der Waals surface area contributed by atoms with Gasteiger partial charge in [-0.1, -0.05) is 31.5 Å². The van der Waals surface area contributed by atoms with Crippen molar-refractivity contribution in [2.24, 2.45) is 0 Å². The third-order valence-corrected chi connectivity index (χ3v) is 6.60. The monoisotopic (exact) mass is 528 g/mol. The van der Waals surface area contributed by atoms with Crippen LogP contribution in [-0.2, 0) is 16.0 Å². The van der Waals surface area contributed by atoms with Gasteiger partial charge in [0.15, 0.2) is 11.5 Å². The second-order valence-corrected chi connectivity index (χ2v) is 9.38. The molecule has 1 aromatic heterocycles. The van der Waals surface area contributed by atoms with E-state index < -0.39 is 13.0 Å². The maximum Gasteiger partial charge on any atom is 0.522 e. The average molecular weight is 529 g/mol. The smallest absolute Gasteiger partial charge is 0.361 e. The Balaban J connectivity index is 0.000000259. The highest BCUT2D eigenvalue weighted by Gasteiger charge is 2.29. The van der Waals surface area contributed by atoms with Crippen LogP contribution in [0.25, 0.3) is 10.9 Å². The molecule has 1 aromatic carbocycles. The number of ether oxygens (including phenoxy) is 1. The number of halogens is 3. The number of aromatic amines is 1. The lowest BCUT2D eigenvalue weighted by atomic mass is 10.0.